The standard InChI is InChI=1S/C15H19F2N3S/c1-19-10-2-3-11(19)8-20(5-4-10)14-12(16)6-9(15(18)21)7-13(14)17/h6-7,10-11H,2-5,8H2,1H3,(H2,18,21). The summed E-state index contributed by atoms with van der Waals surface area (Å²) in [6.45, 7) is 1.33. The van der Waals surface area contributed by atoms with Crippen molar-refractivity contribution >= 4 is 22.9 Å². The highest BCUT2D eigenvalue weighted by Gasteiger charge is 2.36. The van der Waals surface area contributed by atoms with Gasteiger partial charge in [-0.2, -0.15) is 0 Å². The Labute approximate surface area is 128 Å². The van der Waals surface area contributed by atoms with E-state index in [9.17, 15) is 8.78 Å². The highest BCUT2D eigenvalue weighted by molar-refractivity contribution is 7.80. The first kappa shape index (κ1) is 14.7. The quantitative estimate of drug-likeness (QED) is 0.849. The van der Waals surface area contributed by atoms with E-state index >= 15 is 0 Å². The summed E-state index contributed by atoms with van der Waals surface area (Å²) in [4.78, 5) is 4.18. The van der Waals surface area contributed by atoms with E-state index in [2.05, 4.69) is 11.9 Å². The Morgan fingerprint density at radius 2 is 1.81 bits per heavy atom. The van der Waals surface area contributed by atoms with Crippen LogP contribution in [0.2, 0.25) is 0 Å². The first-order valence-corrected chi connectivity index (χ1v) is 7.64. The van der Waals surface area contributed by atoms with Crippen LogP contribution in [0.4, 0.5) is 14.5 Å². The molecule has 1 aromatic carbocycles. The molecule has 1 aromatic rings. The van der Waals surface area contributed by atoms with Gasteiger partial charge < -0.3 is 10.6 Å². The molecule has 2 atom stereocenters. The SMILES string of the molecule is CN1C2CCC1CN(c1c(F)cc(C(N)=S)cc1F)CC2. The highest BCUT2D eigenvalue weighted by Crippen LogP contribution is 2.33. The molecule has 0 aliphatic carbocycles. The zero-order chi connectivity index (χ0) is 15.1. The number of fused-ring (bicyclic) bond motifs is 2. The Bertz CT molecular complexity index is 555. The maximum Gasteiger partial charge on any atom is 0.150 e. The lowest BCUT2D eigenvalue weighted by atomic mass is 10.1. The number of halogens is 2. The maximum atomic E-state index is 14.3. The molecule has 2 bridgehead atoms. The summed E-state index contributed by atoms with van der Waals surface area (Å²) in [6.07, 6.45) is 3.20. The minimum atomic E-state index is -0.585. The van der Waals surface area contributed by atoms with E-state index in [-0.39, 0.29) is 16.2 Å². The van der Waals surface area contributed by atoms with Gasteiger partial charge in [0.15, 0.2) is 0 Å². The van der Waals surface area contributed by atoms with Crippen molar-refractivity contribution in [2.45, 2.75) is 31.3 Å². The van der Waals surface area contributed by atoms with E-state index in [1.165, 1.54) is 18.6 Å². The fourth-order valence-electron chi connectivity index (χ4n) is 3.52. The third-order valence-corrected chi connectivity index (χ3v) is 5.00. The van der Waals surface area contributed by atoms with Crippen LogP contribution in [0.3, 0.4) is 0 Å². The fourth-order valence-corrected chi connectivity index (χ4v) is 3.64. The number of benzene rings is 1. The summed E-state index contributed by atoms with van der Waals surface area (Å²) in [5.74, 6) is -1.17. The number of rotatable bonds is 2. The van der Waals surface area contributed by atoms with Gasteiger partial charge in [0.2, 0.25) is 0 Å². The molecule has 0 amide bonds. The minimum absolute atomic E-state index is 0.00834. The summed E-state index contributed by atoms with van der Waals surface area (Å²) in [6, 6.07) is 3.36. The largest absolute Gasteiger partial charge is 0.389 e. The van der Waals surface area contributed by atoms with Gasteiger partial charge in [0, 0.05) is 30.7 Å². The van der Waals surface area contributed by atoms with Gasteiger partial charge in [-0.3, -0.25) is 4.90 Å². The van der Waals surface area contributed by atoms with Crippen LogP contribution in [0.25, 0.3) is 0 Å². The Morgan fingerprint density at radius 1 is 1.19 bits per heavy atom. The average Bonchev–Trinajstić information content (AvgIpc) is 2.65. The van der Waals surface area contributed by atoms with E-state index in [4.69, 9.17) is 18.0 Å². The molecule has 0 spiro atoms. The Kier molecular flexibility index (Phi) is 3.84. The molecule has 2 aliphatic rings. The molecule has 2 heterocycles. The van der Waals surface area contributed by atoms with Crippen LogP contribution >= 0.6 is 12.2 Å². The number of hydrogen-bond donors (Lipinski definition) is 1. The lowest BCUT2D eigenvalue weighted by molar-refractivity contribution is 0.254. The van der Waals surface area contributed by atoms with Gasteiger partial charge in [-0.15, -0.1) is 0 Å². The number of nitrogens with two attached hydrogens (primary N) is 1. The minimum Gasteiger partial charge on any atom is -0.389 e. The average molecular weight is 311 g/mol. The van der Waals surface area contributed by atoms with Gasteiger partial charge in [0.05, 0.1) is 0 Å². The molecule has 2 unspecified atom stereocenters. The van der Waals surface area contributed by atoms with Gasteiger partial charge in [0.1, 0.15) is 22.3 Å². The third-order valence-electron chi connectivity index (χ3n) is 4.77. The molecule has 2 fully saturated rings. The van der Waals surface area contributed by atoms with E-state index < -0.39 is 11.6 Å². The zero-order valence-corrected chi connectivity index (χ0v) is 12.8. The topological polar surface area (TPSA) is 32.5 Å². The molecule has 6 heteroatoms. The van der Waals surface area contributed by atoms with Crippen molar-refractivity contribution < 1.29 is 8.78 Å². The van der Waals surface area contributed by atoms with Crippen molar-refractivity contribution in [3.8, 4) is 0 Å². The summed E-state index contributed by atoms with van der Waals surface area (Å²) in [5.41, 5.74) is 5.74. The van der Waals surface area contributed by atoms with E-state index in [1.807, 2.05) is 4.90 Å². The lowest BCUT2D eigenvalue weighted by Crippen LogP contribution is -2.37. The third kappa shape index (κ3) is 2.62. The fraction of sp³-hybridized carbons (Fsp3) is 0.533. The first-order valence-electron chi connectivity index (χ1n) is 7.23. The molecule has 3 nitrogen and oxygen atoms in total. The van der Waals surface area contributed by atoms with Gasteiger partial charge >= 0.3 is 0 Å². The number of thiocarbonyl (C=S) groups is 1. The number of nitrogens with zero attached hydrogens (tertiary/aromatic N) is 2. The molecule has 21 heavy (non-hydrogen) atoms. The predicted octanol–water partition coefficient (Wildman–Crippen LogP) is 2.27. The van der Waals surface area contributed by atoms with E-state index in [1.54, 1.807) is 0 Å². The van der Waals surface area contributed by atoms with Crippen LogP contribution in [0, 0.1) is 11.6 Å². The molecular formula is C15H19F2N3S. The Balaban J connectivity index is 1.92. The van der Waals surface area contributed by atoms with Gasteiger partial charge in [0.25, 0.3) is 0 Å². The molecule has 114 valence electrons. The van der Waals surface area contributed by atoms with Crippen molar-refractivity contribution in [1.82, 2.24) is 4.90 Å². The lowest BCUT2D eigenvalue weighted by Gasteiger charge is -2.28. The zero-order valence-electron chi connectivity index (χ0n) is 12.0. The molecule has 0 aromatic heterocycles. The number of hydrogen-bond acceptors (Lipinski definition) is 3. The molecule has 2 N–H and O–H groups in total. The summed E-state index contributed by atoms with van der Waals surface area (Å²) in [7, 11) is 2.11. The summed E-state index contributed by atoms with van der Waals surface area (Å²) >= 11 is 4.79. The van der Waals surface area contributed by atoms with Crippen LogP contribution in [0.1, 0.15) is 24.8 Å². The second-order valence-electron chi connectivity index (χ2n) is 5.94. The second-order valence-corrected chi connectivity index (χ2v) is 6.38. The summed E-state index contributed by atoms with van der Waals surface area (Å²) in [5, 5.41) is 0. The van der Waals surface area contributed by atoms with Crippen molar-refractivity contribution in [2.24, 2.45) is 5.73 Å². The van der Waals surface area contributed by atoms with Gasteiger partial charge in [-0.05, 0) is 38.4 Å². The molecule has 2 saturated heterocycles. The van der Waals surface area contributed by atoms with Crippen molar-refractivity contribution in [2.75, 3.05) is 25.0 Å². The maximum absolute atomic E-state index is 14.3. The monoisotopic (exact) mass is 311 g/mol. The van der Waals surface area contributed by atoms with Gasteiger partial charge in [-0.1, -0.05) is 12.2 Å². The highest BCUT2D eigenvalue weighted by atomic mass is 32.1. The van der Waals surface area contributed by atoms with Crippen LogP contribution in [-0.2, 0) is 0 Å². The normalized spacial score (nSPS) is 26.0. The Hall–Kier alpha value is -1.27. The van der Waals surface area contributed by atoms with Crippen molar-refractivity contribution in [3.63, 3.8) is 0 Å². The smallest absolute Gasteiger partial charge is 0.150 e. The van der Waals surface area contributed by atoms with Crippen molar-refractivity contribution in [1.29, 1.82) is 0 Å². The molecule has 2 aliphatic heterocycles. The van der Waals surface area contributed by atoms with Crippen LogP contribution < -0.4 is 10.6 Å². The van der Waals surface area contributed by atoms with E-state index in [0.717, 1.165) is 12.8 Å². The number of likely N-dealkylation sites (N-methyl/N-ethyl adjacent to an activating group) is 1. The first-order chi connectivity index (χ1) is 9.97. The number of anilines is 1. The van der Waals surface area contributed by atoms with Crippen molar-refractivity contribution in [3.05, 3.63) is 29.3 Å². The van der Waals surface area contributed by atoms with Crippen LogP contribution in [-0.4, -0.2) is 42.1 Å². The second kappa shape index (κ2) is 5.50. The van der Waals surface area contributed by atoms with Crippen LogP contribution in [0.15, 0.2) is 12.1 Å². The Morgan fingerprint density at radius 3 is 2.43 bits per heavy atom. The molecule has 0 radical (unpaired) electrons. The van der Waals surface area contributed by atoms with Crippen LogP contribution in [0.5, 0.6) is 0 Å². The molecule has 0 saturated carbocycles. The molecular weight excluding hydrogens is 292 g/mol. The van der Waals surface area contributed by atoms with E-state index in [0.29, 0.717) is 25.2 Å². The molecule has 3 rings (SSSR count). The summed E-state index contributed by atoms with van der Waals surface area (Å²) < 4.78 is 28.6. The predicted molar refractivity (Wildman–Crippen MR) is 83.6 cm³/mol. The van der Waals surface area contributed by atoms with Gasteiger partial charge in [-0.25, -0.2) is 8.78 Å².